The van der Waals surface area contributed by atoms with Gasteiger partial charge >= 0.3 is 0 Å². The molecule has 7 heteroatoms. The van der Waals surface area contributed by atoms with Gasteiger partial charge in [-0.3, -0.25) is 0 Å². The molecule has 0 atom stereocenters. The summed E-state index contributed by atoms with van der Waals surface area (Å²) in [5.74, 6) is 0.760. The Balaban J connectivity index is 2.20. The van der Waals surface area contributed by atoms with Gasteiger partial charge < -0.3 is 4.90 Å². The summed E-state index contributed by atoms with van der Waals surface area (Å²) in [6.07, 6.45) is 1.45. The third-order valence-electron chi connectivity index (χ3n) is 2.16. The summed E-state index contributed by atoms with van der Waals surface area (Å²) < 4.78 is 0.705. The lowest BCUT2D eigenvalue weighted by atomic mass is 10.4. The maximum absolute atomic E-state index is 5.93. The smallest absolute Gasteiger partial charge is 0.148 e. The molecule has 90 valence electrons. The van der Waals surface area contributed by atoms with E-state index < -0.39 is 0 Å². The van der Waals surface area contributed by atoms with Crippen LogP contribution in [0.5, 0.6) is 0 Å². The quantitative estimate of drug-likeness (QED) is 0.808. The molecule has 0 unspecified atom stereocenters. The Labute approximate surface area is 117 Å². The fourth-order valence-corrected chi connectivity index (χ4v) is 2.64. The van der Waals surface area contributed by atoms with E-state index in [1.807, 2.05) is 24.3 Å². The van der Waals surface area contributed by atoms with Crippen LogP contribution in [0.1, 0.15) is 10.7 Å². The number of aromatic nitrogens is 3. The highest BCUT2D eigenvalue weighted by atomic mass is 79.9. The fraction of sp³-hybridized carbons (Fsp3) is 0.300. The van der Waals surface area contributed by atoms with Gasteiger partial charge in [0, 0.05) is 12.4 Å². The van der Waals surface area contributed by atoms with E-state index in [1.54, 1.807) is 11.3 Å². The molecule has 17 heavy (non-hydrogen) atoms. The molecule has 2 heterocycles. The van der Waals surface area contributed by atoms with Crippen molar-refractivity contribution < 1.29 is 0 Å². The molecular weight excluding hydrogens is 324 g/mol. The van der Waals surface area contributed by atoms with Crippen LogP contribution in [0.3, 0.4) is 0 Å². The molecule has 0 bridgehead atoms. The van der Waals surface area contributed by atoms with Gasteiger partial charge in [-0.1, -0.05) is 11.6 Å². The summed E-state index contributed by atoms with van der Waals surface area (Å²) in [5, 5.41) is 3.52. The zero-order valence-electron chi connectivity index (χ0n) is 9.31. The van der Waals surface area contributed by atoms with Gasteiger partial charge in [0.2, 0.25) is 0 Å². The van der Waals surface area contributed by atoms with E-state index in [0.717, 1.165) is 16.5 Å². The second-order valence-electron chi connectivity index (χ2n) is 3.52. The molecule has 0 fully saturated rings. The molecule has 0 saturated carbocycles. The first-order valence-electron chi connectivity index (χ1n) is 4.86. The second kappa shape index (κ2) is 5.29. The van der Waals surface area contributed by atoms with Crippen molar-refractivity contribution >= 4 is 44.7 Å². The van der Waals surface area contributed by atoms with Crippen molar-refractivity contribution in [2.75, 3.05) is 11.9 Å². The van der Waals surface area contributed by atoms with Crippen molar-refractivity contribution in [2.24, 2.45) is 0 Å². The average molecular weight is 334 g/mol. The van der Waals surface area contributed by atoms with Crippen molar-refractivity contribution in [3.8, 4) is 0 Å². The summed E-state index contributed by atoms with van der Waals surface area (Å²) in [6, 6.07) is 0. The van der Waals surface area contributed by atoms with Gasteiger partial charge in [-0.25, -0.2) is 15.0 Å². The van der Waals surface area contributed by atoms with E-state index >= 15 is 0 Å². The van der Waals surface area contributed by atoms with Crippen LogP contribution >= 0.6 is 38.9 Å². The minimum absolute atomic E-state index is 0.413. The molecule has 0 saturated heterocycles. The number of thiazole rings is 1. The van der Waals surface area contributed by atoms with Gasteiger partial charge in [0.05, 0.1) is 21.7 Å². The molecule has 0 aromatic carbocycles. The normalized spacial score (nSPS) is 10.6. The molecule has 0 aliphatic heterocycles. The highest BCUT2D eigenvalue weighted by Gasteiger charge is 2.12. The number of hydrogen-bond donors (Lipinski definition) is 0. The predicted octanol–water partition coefficient (Wildman–Crippen LogP) is 3.29. The first kappa shape index (κ1) is 12.7. The first-order chi connectivity index (χ1) is 8.08. The third kappa shape index (κ3) is 2.94. The third-order valence-corrected chi connectivity index (χ3v) is 4.22. The molecule has 0 spiro atoms. The van der Waals surface area contributed by atoms with Crippen molar-refractivity contribution in [3.05, 3.63) is 32.0 Å². The largest absolute Gasteiger partial charge is 0.353 e. The molecule has 0 radical (unpaired) electrons. The predicted molar refractivity (Wildman–Crippen MR) is 73.7 cm³/mol. The average Bonchev–Trinajstić information content (AvgIpc) is 2.68. The Morgan fingerprint density at radius 2 is 2.24 bits per heavy atom. The van der Waals surface area contributed by atoms with E-state index in [9.17, 15) is 0 Å². The molecule has 2 aromatic heterocycles. The zero-order valence-corrected chi connectivity index (χ0v) is 12.5. The van der Waals surface area contributed by atoms with Crippen LogP contribution < -0.4 is 4.90 Å². The van der Waals surface area contributed by atoms with Crippen molar-refractivity contribution in [1.29, 1.82) is 0 Å². The summed E-state index contributed by atoms with van der Waals surface area (Å²) >= 11 is 11.0. The van der Waals surface area contributed by atoms with E-state index in [2.05, 4.69) is 30.9 Å². The fourth-order valence-electron chi connectivity index (χ4n) is 1.40. The number of aryl methyl sites for hydroxylation is 1. The number of rotatable bonds is 3. The number of hydrogen-bond acceptors (Lipinski definition) is 5. The highest BCUT2D eigenvalue weighted by molar-refractivity contribution is 9.10. The lowest BCUT2D eigenvalue weighted by Gasteiger charge is -2.18. The number of nitrogens with zero attached hydrogens (tertiary/aromatic N) is 4. The van der Waals surface area contributed by atoms with Crippen LogP contribution in [0.25, 0.3) is 0 Å². The van der Waals surface area contributed by atoms with Crippen LogP contribution in [0, 0.1) is 6.92 Å². The molecule has 4 nitrogen and oxygen atoms in total. The monoisotopic (exact) mass is 332 g/mol. The zero-order chi connectivity index (χ0) is 12.4. The Hall–Kier alpha value is -0.720. The summed E-state index contributed by atoms with van der Waals surface area (Å²) in [4.78, 5) is 14.5. The van der Waals surface area contributed by atoms with Gasteiger partial charge in [-0.05, 0) is 22.9 Å². The lowest BCUT2D eigenvalue weighted by Crippen LogP contribution is -2.18. The molecule has 2 rings (SSSR count). The van der Waals surface area contributed by atoms with Crippen molar-refractivity contribution in [1.82, 2.24) is 15.0 Å². The van der Waals surface area contributed by atoms with E-state index in [-0.39, 0.29) is 0 Å². The van der Waals surface area contributed by atoms with Gasteiger partial charge in [-0.15, -0.1) is 11.3 Å². The maximum Gasteiger partial charge on any atom is 0.148 e. The van der Waals surface area contributed by atoms with Gasteiger partial charge in [0.25, 0.3) is 0 Å². The van der Waals surface area contributed by atoms with Gasteiger partial charge in [0.1, 0.15) is 17.3 Å². The van der Waals surface area contributed by atoms with Crippen molar-refractivity contribution in [2.45, 2.75) is 13.5 Å². The van der Waals surface area contributed by atoms with E-state index in [1.165, 1.54) is 6.33 Å². The molecule has 0 aliphatic rings. The minimum Gasteiger partial charge on any atom is -0.353 e. The molecule has 2 aromatic rings. The summed E-state index contributed by atoms with van der Waals surface area (Å²) in [5.41, 5.74) is 1.02. The molecule has 0 amide bonds. The Kier molecular flexibility index (Phi) is 3.96. The number of halogens is 2. The van der Waals surface area contributed by atoms with Crippen LogP contribution in [-0.2, 0) is 6.54 Å². The Morgan fingerprint density at radius 1 is 1.47 bits per heavy atom. The van der Waals surface area contributed by atoms with Gasteiger partial charge in [0.15, 0.2) is 0 Å². The van der Waals surface area contributed by atoms with Crippen molar-refractivity contribution in [3.63, 3.8) is 0 Å². The van der Waals surface area contributed by atoms with E-state index in [4.69, 9.17) is 11.6 Å². The second-order valence-corrected chi connectivity index (χ2v) is 5.73. The van der Waals surface area contributed by atoms with Crippen LogP contribution in [-0.4, -0.2) is 22.0 Å². The first-order valence-corrected chi connectivity index (χ1v) is 6.91. The SMILES string of the molecule is Cc1nc(CN(C)c2ncnc(Cl)c2Br)cs1. The topological polar surface area (TPSA) is 41.9 Å². The summed E-state index contributed by atoms with van der Waals surface area (Å²) in [6.45, 7) is 2.68. The Morgan fingerprint density at radius 3 is 2.88 bits per heavy atom. The lowest BCUT2D eigenvalue weighted by molar-refractivity contribution is 0.861. The van der Waals surface area contributed by atoms with E-state index in [0.29, 0.717) is 16.2 Å². The molecular formula is C10H10BrClN4S. The van der Waals surface area contributed by atoms with Crippen LogP contribution in [0.15, 0.2) is 16.2 Å². The minimum atomic E-state index is 0.413. The van der Waals surface area contributed by atoms with Crippen LogP contribution in [0.4, 0.5) is 5.82 Å². The van der Waals surface area contributed by atoms with Gasteiger partial charge in [-0.2, -0.15) is 0 Å². The highest BCUT2D eigenvalue weighted by Crippen LogP contribution is 2.29. The molecule has 0 aliphatic carbocycles. The number of anilines is 1. The summed E-state index contributed by atoms with van der Waals surface area (Å²) in [7, 11) is 1.94. The Bertz CT molecular complexity index is 531. The van der Waals surface area contributed by atoms with Crippen LogP contribution in [0.2, 0.25) is 5.15 Å². The standard InChI is InChI=1S/C10H10BrClN4S/c1-6-15-7(4-17-6)3-16(2)10-8(11)9(12)13-5-14-10/h4-5H,3H2,1-2H3. The maximum atomic E-state index is 5.93. The molecule has 0 N–H and O–H groups in total.